The number of ether oxygens (including phenoxy) is 1. The Balaban J connectivity index is 1.72. The predicted octanol–water partition coefficient (Wildman–Crippen LogP) is 4.88. The predicted molar refractivity (Wildman–Crippen MR) is 109 cm³/mol. The number of hydrogen-bond acceptors (Lipinski definition) is 5. The lowest BCUT2D eigenvalue weighted by molar-refractivity contribution is 0.0977. The van der Waals surface area contributed by atoms with Crippen LogP contribution in [0.5, 0.6) is 11.5 Å². The molecule has 0 aromatic heterocycles. The Hall–Kier alpha value is -2.82. The lowest BCUT2D eigenvalue weighted by Gasteiger charge is -2.21. The third-order valence-electron chi connectivity index (χ3n) is 5.18. The smallest absolute Gasteiger partial charge is 0.198 e. The molecule has 0 aliphatic heterocycles. The number of carbonyl (C=O) groups excluding carboxylic acids is 2. The molecule has 2 aromatic rings. The van der Waals surface area contributed by atoms with Crippen LogP contribution in [0.3, 0.4) is 0 Å². The second-order valence-corrected chi connectivity index (χ2v) is 7.23. The summed E-state index contributed by atoms with van der Waals surface area (Å²) in [6.45, 7) is 2.65. The van der Waals surface area contributed by atoms with E-state index in [4.69, 9.17) is 10.5 Å². The van der Waals surface area contributed by atoms with Gasteiger partial charge in [-0.3, -0.25) is 9.59 Å². The first-order valence-corrected chi connectivity index (χ1v) is 10.0. The second kappa shape index (κ2) is 8.91. The first-order chi connectivity index (χ1) is 13.6. The Morgan fingerprint density at radius 2 is 1.46 bits per heavy atom. The monoisotopic (exact) mass is 381 g/mol. The molecule has 28 heavy (non-hydrogen) atoms. The van der Waals surface area contributed by atoms with Gasteiger partial charge in [0, 0.05) is 17.2 Å². The number of carbonyl (C=O) groups is 2. The standard InChI is InChI=1S/C23H27NO4/c1-2-3-4-5-6-7-10-13-28-18-14-17(25)19-20(21(18)24)23(27)16-12-9-8-11-15(16)22(19)26/h8-9,11-12,14,25H,2-7,10,13,24H2,1H3. The summed E-state index contributed by atoms with van der Waals surface area (Å²) >= 11 is 0. The van der Waals surface area contributed by atoms with Gasteiger partial charge in [-0.2, -0.15) is 0 Å². The average Bonchev–Trinajstić information content (AvgIpc) is 2.70. The van der Waals surface area contributed by atoms with Crippen molar-refractivity contribution >= 4 is 17.3 Å². The van der Waals surface area contributed by atoms with E-state index in [0.717, 1.165) is 19.3 Å². The molecule has 3 N–H and O–H groups in total. The number of phenols is 1. The molecule has 3 rings (SSSR count). The Morgan fingerprint density at radius 1 is 0.893 bits per heavy atom. The van der Waals surface area contributed by atoms with E-state index in [0.29, 0.717) is 12.2 Å². The van der Waals surface area contributed by atoms with E-state index >= 15 is 0 Å². The van der Waals surface area contributed by atoms with Gasteiger partial charge in [0.1, 0.15) is 11.5 Å². The summed E-state index contributed by atoms with van der Waals surface area (Å²) < 4.78 is 5.73. The van der Waals surface area contributed by atoms with E-state index in [1.807, 2.05) is 0 Å². The number of aromatic hydroxyl groups is 1. The Morgan fingerprint density at radius 3 is 2.11 bits per heavy atom. The number of anilines is 1. The third kappa shape index (κ3) is 3.88. The highest BCUT2D eigenvalue weighted by Crippen LogP contribution is 2.41. The van der Waals surface area contributed by atoms with Gasteiger partial charge in [-0.1, -0.05) is 69.7 Å². The molecular weight excluding hydrogens is 354 g/mol. The van der Waals surface area contributed by atoms with Gasteiger partial charge in [0.05, 0.1) is 23.4 Å². The topological polar surface area (TPSA) is 89.6 Å². The first kappa shape index (κ1) is 19.9. The lowest BCUT2D eigenvalue weighted by Crippen LogP contribution is -2.23. The fourth-order valence-corrected chi connectivity index (χ4v) is 3.63. The Kier molecular flexibility index (Phi) is 6.34. The SMILES string of the molecule is CCCCCCCCCOc1cc(O)c2c(c1N)C(=O)c1ccccc1C2=O. The first-order valence-electron chi connectivity index (χ1n) is 10.0. The molecule has 5 heteroatoms. The molecule has 0 amide bonds. The molecule has 0 bridgehead atoms. The number of unbranched alkanes of at least 4 members (excludes halogenated alkanes) is 6. The van der Waals surface area contributed by atoms with E-state index in [-0.39, 0.29) is 39.7 Å². The van der Waals surface area contributed by atoms with Crippen molar-refractivity contribution in [3.8, 4) is 11.5 Å². The van der Waals surface area contributed by atoms with Gasteiger partial charge in [0.2, 0.25) is 0 Å². The minimum atomic E-state index is -0.395. The van der Waals surface area contributed by atoms with Crippen LogP contribution in [0, 0.1) is 0 Å². The van der Waals surface area contributed by atoms with Gasteiger partial charge in [0.25, 0.3) is 0 Å². The van der Waals surface area contributed by atoms with Crippen LogP contribution in [0.1, 0.15) is 83.7 Å². The maximum Gasteiger partial charge on any atom is 0.198 e. The highest BCUT2D eigenvalue weighted by atomic mass is 16.5. The van der Waals surface area contributed by atoms with Crippen molar-refractivity contribution in [2.75, 3.05) is 12.3 Å². The number of phenolic OH excluding ortho intramolecular Hbond substituents is 1. The van der Waals surface area contributed by atoms with Crippen LogP contribution in [-0.2, 0) is 0 Å². The van der Waals surface area contributed by atoms with Crippen LogP contribution in [-0.4, -0.2) is 23.3 Å². The highest BCUT2D eigenvalue weighted by molar-refractivity contribution is 6.31. The number of fused-ring (bicyclic) bond motifs is 2. The molecule has 2 aromatic carbocycles. The van der Waals surface area contributed by atoms with E-state index in [1.54, 1.807) is 24.3 Å². The molecule has 0 fully saturated rings. The Labute approximate surface area is 165 Å². The van der Waals surface area contributed by atoms with Gasteiger partial charge in [0.15, 0.2) is 11.6 Å². The van der Waals surface area contributed by atoms with Crippen molar-refractivity contribution < 1.29 is 19.4 Å². The maximum absolute atomic E-state index is 12.9. The number of nitrogen functional groups attached to an aromatic ring is 1. The number of benzene rings is 2. The maximum atomic E-state index is 12.9. The van der Waals surface area contributed by atoms with Crippen molar-refractivity contribution in [1.29, 1.82) is 0 Å². The summed E-state index contributed by atoms with van der Waals surface area (Å²) in [6.07, 6.45) is 8.10. The molecule has 0 spiro atoms. The summed E-state index contributed by atoms with van der Waals surface area (Å²) in [7, 11) is 0. The van der Waals surface area contributed by atoms with E-state index in [1.165, 1.54) is 31.7 Å². The molecule has 0 radical (unpaired) electrons. The van der Waals surface area contributed by atoms with Crippen LogP contribution >= 0.6 is 0 Å². The fraction of sp³-hybridized carbons (Fsp3) is 0.391. The second-order valence-electron chi connectivity index (χ2n) is 7.23. The normalized spacial score (nSPS) is 12.6. The molecular formula is C23H27NO4. The highest BCUT2D eigenvalue weighted by Gasteiger charge is 2.35. The largest absolute Gasteiger partial charge is 0.507 e. The van der Waals surface area contributed by atoms with Crippen LogP contribution in [0.25, 0.3) is 0 Å². The van der Waals surface area contributed by atoms with E-state index in [9.17, 15) is 14.7 Å². The minimum absolute atomic E-state index is 0.0375. The molecule has 0 saturated heterocycles. The molecule has 0 heterocycles. The zero-order valence-corrected chi connectivity index (χ0v) is 16.3. The van der Waals surface area contributed by atoms with E-state index < -0.39 is 5.78 Å². The van der Waals surface area contributed by atoms with Gasteiger partial charge in [-0.05, 0) is 6.42 Å². The molecule has 1 aliphatic rings. The van der Waals surface area contributed by atoms with Gasteiger partial charge in [-0.15, -0.1) is 0 Å². The molecule has 0 atom stereocenters. The fourth-order valence-electron chi connectivity index (χ4n) is 3.63. The molecule has 0 unspecified atom stereocenters. The summed E-state index contributed by atoms with van der Waals surface area (Å²) in [5, 5.41) is 10.4. The van der Waals surface area contributed by atoms with Crippen molar-refractivity contribution in [2.45, 2.75) is 51.9 Å². The van der Waals surface area contributed by atoms with Crippen LogP contribution in [0.15, 0.2) is 30.3 Å². The van der Waals surface area contributed by atoms with Gasteiger partial charge >= 0.3 is 0 Å². The number of nitrogens with two attached hydrogens (primary N) is 1. The van der Waals surface area contributed by atoms with E-state index in [2.05, 4.69) is 6.92 Å². The van der Waals surface area contributed by atoms with Crippen LogP contribution in [0.2, 0.25) is 0 Å². The van der Waals surface area contributed by atoms with Crippen LogP contribution < -0.4 is 10.5 Å². The molecule has 0 saturated carbocycles. The minimum Gasteiger partial charge on any atom is -0.507 e. The van der Waals surface area contributed by atoms with Crippen molar-refractivity contribution in [1.82, 2.24) is 0 Å². The van der Waals surface area contributed by atoms with Gasteiger partial charge < -0.3 is 15.6 Å². The zero-order chi connectivity index (χ0) is 20.1. The lowest BCUT2D eigenvalue weighted by atomic mass is 9.82. The summed E-state index contributed by atoms with van der Waals surface area (Å²) in [6, 6.07) is 7.91. The number of hydrogen-bond donors (Lipinski definition) is 2. The number of ketones is 2. The summed E-state index contributed by atoms with van der Waals surface area (Å²) in [5.41, 5.74) is 6.87. The van der Waals surface area contributed by atoms with Crippen molar-refractivity contribution in [3.05, 3.63) is 52.6 Å². The van der Waals surface area contributed by atoms with Gasteiger partial charge in [-0.25, -0.2) is 0 Å². The average molecular weight is 381 g/mol. The Bertz CT molecular complexity index is 888. The zero-order valence-electron chi connectivity index (χ0n) is 16.3. The van der Waals surface area contributed by atoms with Crippen molar-refractivity contribution in [3.63, 3.8) is 0 Å². The third-order valence-corrected chi connectivity index (χ3v) is 5.18. The summed E-state index contributed by atoms with van der Waals surface area (Å²) in [4.78, 5) is 25.6. The summed E-state index contributed by atoms with van der Waals surface area (Å²) in [5.74, 6) is -0.776. The number of rotatable bonds is 9. The quantitative estimate of drug-likeness (QED) is 0.313. The molecule has 1 aliphatic carbocycles. The van der Waals surface area contributed by atoms with Crippen LogP contribution in [0.4, 0.5) is 5.69 Å². The molecule has 148 valence electrons. The van der Waals surface area contributed by atoms with Crippen molar-refractivity contribution in [2.24, 2.45) is 0 Å². The molecule has 5 nitrogen and oxygen atoms in total.